The zero-order valence-electron chi connectivity index (χ0n) is 10.8. The summed E-state index contributed by atoms with van der Waals surface area (Å²) in [6, 6.07) is 6.79. The van der Waals surface area contributed by atoms with E-state index in [9.17, 15) is 9.00 Å². The minimum absolute atomic E-state index is 0. The Bertz CT molecular complexity index is 397. The van der Waals surface area contributed by atoms with Gasteiger partial charge in [0.15, 0.2) is 0 Å². The van der Waals surface area contributed by atoms with Gasteiger partial charge in [0.05, 0.1) is 4.90 Å². The summed E-state index contributed by atoms with van der Waals surface area (Å²) >= 11 is -1.60. The minimum Gasteiger partial charge on any atom is -0.540 e. The Labute approximate surface area is 136 Å². The molecule has 0 N–H and O–H groups in total. The first kappa shape index (κ1) is 18.1. The van der Waals surface area contributed by atoms with Gasteiger partial charge in [-0.1, -0.05) is 32.0 Å². The topological polar surface area (TPSA) is 46.6 Å². The van der Waals surface area contributed by atoms with E-state index >= 15 is 0 Å². The summed E-state index contributed by atoms with van der Waals surface area (Å²) in [5.41, 5.74) is 1.17. The molecule has 0 fully saturated rings. The molecule has 0 spiro atoms. The molecule has 1 rings (SSSR count). The summed E-state index contributed by atoms with van der Waals surface area (Å²) in [6.07, 6.45) is 2.69. The summed E-state index contributed by atoms with van der Waals surface area (Å²) in [5, 5.41) is 1.23. The molecule has 1 aromatic rings. The van der Waals surface area contributed by atoms with E-state index in [-0.39, 0.29) is 32.7 Å². The number of benzene rings is 1. The molecule has 0 bridgehead atoms. The molecule has 2 unspecified atom stereocenters. The van der Waals surface area contributed by atoms with Gasteiger partial charge >= 0.3 is 0 Å². The number of aryl methyl sites for hydroxylation is 1. The van der Waals surface area contributed by atoms with Crippen molar-refractivity contribution in [2.24, 2.45) is 0 Å². The van der Waals surface area contributed by atoms with E-state index in [2.05, 4.69) is 6.92 Å². The maximum atomic E-state index is 11.8. The van der Waals surface area contributed by atoms with Crippen LogP contribution in [0.25, 0.3) is 0 Å². The van der Waals surface area contributed by atoms with Crippen LogP contribution < -0.4 is 0 Å². The third kappa shape index (κ3) is 5.37. The molecule has 1 radical (unpaired) electrons. The Hall–Kier alpha value is 0.0639. The first-order valence-corrected chi connectivity index (χ1v) is 6.45. The maximum Gasteiger partial charge on any atom is 0.206 e. The van der Waals surface area contributed by atoms with Crippen LogP contribution in [0.2, 0.25) is 0 Å². The van der Waals surface area contributed by atoms with Crippen LogP contribution in [0.15, 0.2) is 29.2 Å². The third-order valence-corrected chi connectivity index (χ3v) is 3.45. The van der Waals surface area contributed by atoms with Crippen LogP contribution in [0, 0.1) is 0 Å². The fourth-order valence-electron chi connectivity index (χ4n) is 1.12. The van der Waals surface area contributed by atoms with Gasteiger partial charge in [-0.05, 0) is 24.1 Å². The fraction of sp³-hybridized carbons (Fsp3) is 0.417. The van der Waals surface area contributed by atoms with Crippen molar-refractivity contribution in [2.45, 2.75) is 31.2 Å². The van der Waals surface area contributed by atoms with Crippen molar-refractivity contribution >= 4 is 17.4 Å². The van der Waals surface area contributed by atoms with E-state index in [0.717, 1.165) is 6.42 Å². The Morgan fingerprint density at radius 1 is 1.39 bits per heavy atom. The number of nitrogens with zero attached hydrogens (tertiary/aromatic N) is 1. The van der Waals surface area contributed by atoms with Gasteiger partial charge < -0.3 is 4.79 Å². The van der Waals surface area contributed by atoms with Crippen LogP contribution in [0.5, 0.6) is 0 Å². The van der Waals surface area contributed by atoms with Crippen LogP contribution in [0.4, 0.5) is 0 Å². The summed E-state index contributed by atoms with van der Waals surface area (Å²) in [4.78, 5) is 11.0. The second kappa shape index (κ2) is 9.05. The summed E-state index contributed by atoms with van der Waals surface area (Å²) in [6.45, 7) is 3.67. The Kier molecular flexibility index (Phi) is 9.08. The van der Waals surface area contributed by atoms with Crippen molar-refractivity contribution in [3.8, 4) is 0 Å². The van der Waals surface area contributed by atoms with Crippen LogP contribution in [-0.4, -0.2) is 28.6 Å². The molecular formula is C12H16NO3SY-. The molecule has 0 amide bonds. The van der Waals surface area contributed by atoms with E-state index in [4.69, 9.17) is 4.28 Å². The van der Waals surface area contributed by atoms with Crippen molar-refractivity contribution in [1.29, 1.82) is 0 Å². The fourth-order valence-corrected chi connectivity index (χ4v) is 1.91. The molecule has 0 aromatic heterocycles. The largest absolute Gasteiger partial charge is 0.540 e. The van der Waals surface area contributed by atoms with Gasteiger partial charge in [-0.2, -0.15) is 9.35 Å². The zero-order valence-corrected chi connectivity index (χ0v) is 14.4. The van der Waals surface area contributed by atoms with E-state index in [1.54, 1.807) is 32.4 Å². The van der Waals surface area contributed by atoms with Gasteiger partial charge in [0, 0.05) is 39.8 Å². The summed E-state index contributed by atoms with van der Waals surface area (Å²) in [5.74, 6) is 0. The molecule has 1 aromatic carbocycles. The number of hydrogen-bond donors (Lipinski definition) is 0. The van der Waals surface area contributed by atoms with E-state index in [0.29, 0.717) is 4.90 Å². The first-order valence-electron chi connectivity index (χ1n) is 5.38. The Morgan fingerprint density at radius 2 is 1.94 bits per heavy atom. The molecule has 18 heavy (non-hydrogen) atoms. The predicted octanol–water partition coefficient (Wildman–Crippen LogP) is 1.63. The smallest absolute Gasteiger partial charge is 0.206 e. The minimum atomic E-state index is -1.60. The van der Waals surface area contributed by atoms with Crippen molar-refractivity contribution in [3.63, 3.8) is 0 Å². The predicted molar refractivity (Wildman–Crippen MR) is 66.2 cm³/mol. The normalized spacial score (nSPS) is 13.8. The molecule has 2 atom stereocenters. The van der Waals surface area contributed by atoms with E-state index in [1.807, 2.05) is 12.1 Å². The molecule has 97 valence electrons. The van der Waals surface area contributed by atoms with Crippen molar-refractivity contribution in [1.82, 2.24) is 5.06 Å². The second-order valence-electron chi connectivity index (χ2n) is 3.65. The molecular weight excluding hydrogens is 327 g/mol. The summed E-state index contributed by atoms with van der Waals surface area (Å²) in [7, 11) is 1.55. The monoisotopic (exact) mass is 343 g/mol. The SMILES string of the molecule is CCc1ccc(S(=O)ON(C)C(C)[C-]=O)cc1.[Y]. The molecule has 0 aliphatic carbocycles. The zero-order chi connectivity index (χ0) is 12.8. The first-order chi connectivity index (χ1) is 8.08. The molecule has 0 aliphatic rings. The van der Waals surface area contributed by atoms with Gasteiger partial charge in [-0.15, -0.1) is 0 Å². The maximum absolute atomic E-state index is 11.8. The van der Waals surface area contributed by atoms with Gasteiger partial charge in [0.2, 0.25) is 11.1 Å². The average Bonchev–Trinajstić information content (AvgIpc) is 2.37. The van der Waals surface area contributed by atoms with Crippen LogP contribution in [0.3, 0.4) is 0 Å². The molecule has 0 heterocycles. The van der Waals surface area contributed by atoms with E-state index in [1.165, 1.54) is 10.6 Å². The molecule has 6 heteroatoms. The molecule has 0 aliphatic heterocycles. The Morgan fingerprint density at radius 3 is 2.39 bits per heavy atom. The van der Waals surface area contributed by atoms with Crippen molar-refractivity contribution in [3.05, 3.63) is 29.8 Å². The summed E-state index contributed by atoms with van der Waals surface area (Å²) < 4.78 is 16.9. The molecule has 4 nitrogen and oxygen atoms in total. The second-order valence-corrected chi connectivity index (χ2v) is 4.74. The average molecular weight is 343 g/mol. The van der Waals surface area contributed by atoms with Gasteiger partial charge in [-0.3, -0.25) is 0 Å². The van der Waals surface area contributed by atoms with Crippen LogP contribution >= 0.6 is 0 Å². The van der Waals surface area contributed by atoms with Crippen LogP contribution in [-0.2, 0) is 59.3 Å². The standard InChI is InChI=1S/C12H16NO3S.Y/c1-4-11-5-7-12(8-6-11)17(15)16-13(3)10(2)9-14;/h5-8,10H,4H2,1-3H3;/q-1;. The van der Waals surface area contributed by atoms with Crippen molar-refractivity contribution in [2.75, 3.05) is 7.05 Å². The molecule has 0 saturated heterocycles. The molecule has 0 saturated carbocycles. The number of rotatable bonds is 6. The number of hydroxylamine groups is 2. The quantitative estimate of drug-likeness (QED) is 0.582. The third-order valence-electron chi connectivity index (χ3n) is 2.43. The Balaban J connectivity index is 0.00000289. The number of carbonyl (C=O) groups excluding carboxylic acids is 1. The van der Waals surface area contributed by atoms with Crippen LogP contribution in [0.1, 0.15) is 19.4 Å². The van der Waals surface area contributed by atoms with E-state index < -0.39 is 17.1 Å². The van der Waals surface area contributed by atoms with Gasteiger partial charge in [-0.25, -0.2) is 10.5 Å². The van der Waals surface area contributed by atoms with Gasteiger partial charge in [0.1, 0.15) is 0 Å². The number of hydrogen-bond acceptors (Lipinski definition) is 4. The van der Waals surface area contributed by atoms with Gasteiger partial charge in [0.25, 0.3) is 0 Å². The number of likely N-dealkylation sites (N-methyl/N-ethyl adjacent to an activating group) is 1. The van der Waals surface area contributed by atoms with Crippen molar-refractivity contribution < 1.29 is 46.0 Å².